The predicted octanol–water partition coefficient (Wildman–Crippen LogP) is 2.34. The SMILES string of the molecule is c1cc(NCc2ccncc2)n2ccnc2c1. The molecule has 4 nitrogen and oxygen atoms in total. The lowest BCUT2D eigenvalue weighted by Gasteiger charge is -2.08. The van der Waals surface area contributed by atoms with Crippen molar-refractivity contribution in [3.8, 4) is 0 Å². The highest BCUT2D eigenvalue weighted by Crippen LogP contribution is 2.12. The van der Waals surface area contributed by atoms with Crippen LogP contribution in [-0.4, -0.2) is 14.4 Å². The minimum atomic E-state index is 0.778. The average Bonchev–Trinajstić information content (AvgIpc) is 2.86. The van der Waals surface area contributed by atoms with Crippen molar-refractivity contribution in [3.05, 3.63) is 60.7 Å². The summed E-state index contributed by atoms with van der Waals surface area (Å²) < 4.78 is 2.03. The van der Waals surface area contributed by atoms with E-state index in [-0.39, 0.29) is 0 Å². The van der Waals surface area contributed by atoms with Crippen molar-refractivity contribution in [2.45, 2.75) is 6.54 Å². The van der Waals surface area contributed by atoms with Gasteiger partial charge in [-0.15, -0.1) is 0 Å². The first-order chi connectivity index (χ1) is 8.43. The van der Waals surface area contributed by atoms with E-state index < -0.39 is 0 Å². The Morgan fingerprint density at radius 1 is 1.06 bits per heavy atom. The highest BCUT2D eigenvalue weighted by atomic mass is 15.1. The van der Waals surface area contributed by atoms with Crippen molar-refractivity contribution in [1.29, 1.82) is 0 Å². The molecule has 3 rings (SSSR count). The van der Waals surface area contributed by atoms with E-state index in [1.54, 1.807) is 18.6 Å². The summed E-state index contributed by atoms with van der Waals surface area (Å²) >= 11 is 0. The van der Waals surface area contributed by atoms with E-state index in [1.807, 2.05) is 40.9 Å². The van der Waals surface area contributed by atoms with Crippen molar-refractivity contribution in [1.82, 2.24) is 14.4 Å². The van der Waals surface area contributed by atoms with Crippen LogP contribution >= 0.6 is 0 Å². The van der Waals surface area contributed by atoms with Crippen LogP contribution in [0.2, 0.25) is 0 Å². The van der Waals surface area contributed by atoms with Gasteiger partial charge in [0, 0.05) is 31.3 Å². The molecule has 0 aliphatic rings. The fourth-order valence-corrected chi connectivity index (χ4v) is 1.78. The molecule has 0 spiro atoms. The maximum atomic E-state index is 4.25. The number of nitrogens with zero attached hydrogens (tertiary/aromatic N) is 3. The normalized spacial score (nSPS) is 10.6. The lowest BCUT2D eigenvalue weighted by atomic mass is 10.3. The third kappa shape index (κ3) is 1.97. The van der Waals surface area contributed by atoms with Crippen molar-refractivity contribution in [3.63, 3.8) is 0 Å². The van der Waals surface area contributed by atoms with E-state index >= 15 is 0 Å². The topological polar surface area (TPSA) is 42.2 Å². The molecule has 0 aromatic carbocycles. The Morgan fingerprint density at radius 3 is 2.82 bits per heavy atom. The standard InChI is InChI=1S/C13H12N4/c1-2-12-15-8-9-17(12)13(3-1)16-10-11-4-6-14-7-5-11/h1-9,16H,10H2. The van der Waals surface area contributed by atoms with Gasteiger partial charge >= 0.3 is 0 Å². The molecule has 0 aliphatic heterocycles. The zero-order chi connectivity index (χ0) is 11.5. The van der Waals surface area contributed by atoms with Crippen LogP contribution in [0.25, 0.3) is 5.65 Å². The predicted molar refractivity (Wildman–Crippen MR) is 66.8 cm³/mol. The van der Waals surface area contributed by atoms with Gasteiger partial charge in [0.05, 0.1) is 0 Å². The number of anilines is 1. The molecule has 0 fully saturated rings. The fraction of sp³-hybridized carbons (Fsp3) is 0.0769. The molecule has 1 N–H and O–H groups in total. The molecular formula is C13H12N4. The molecule has 0 radical (unpaired) electrons. The maximum Gasteiger partial charge on any atom is 0.138 e. The first-order valence-corrected chi connectivity index (χ1v) is 5.48. The number of hydrogen-bond acceptors (Lipinski definition) is 3. The number of nitrogens with one attached hydrogen (secondary N) is 1. The quantitative estimate of drug-likeness (QED) is 0.742. The number of fused-ring (bicyclic) bond motifs is 1. The van der Waals surface area contributed by atoms with E-state index in [0.29, 0.717) is 0 Å². The highest BCUT2D eigenvalue weighted by Gasteiger charge is 1.99. The van der Waals surface area contributed by atoms with E-state index in [9.17, 15) is 0 Å². The number of pyridine rings is 2. The molecule has 3 heterocycles. The molecule has 0 amide bonds. The Balaban J connectivity index is 1.84. The van der Waals surface area contributed by atoms with Crippen molar-refractivity contribution in [2.24, 2.45) is 0 Å². The van der Waals surface area contributed by atoms with Crippen LogP contribution in [0.4, 0.5) is 5.82 Å². The van der Waals surface area contributed by atoms with E-state index in [1.165, 1.54) is 5.56 Å². The largest absolute Gasteiger partial charge is 0.367 e. The molecular weight excluding hydrogens is 212 g/mol. The maximum absolute atomic E-state index is 4.25. The molecule has 0 unspecified atom stereocenters. The summed E-state index contributed by atoms with van der Waals surface area (Å²) in [4.78, 5) is 8.25. The fourth-order valence-electron chi connectivity index (χ4n) is 1.78. The number of aromatic nitrogens is 3. The Morgan fingerprint density at radius 2 is 1.94 bits per heavy atom. The Bertz CT molecular complexity index is 615. The van der Waals surface area contributed by atoms with E-state index in [4.69, 9.17) is 0 Å². The molecule has 3 aromatic heterocycles. The van der Waals surface area contributed by atoms with Gasteiger partial charge in [0.2, 0.25) is 0 Å². The zero-order valence-corrected chi connectivity index (χ0v) is 9.24. The van der Waals surface area contributed by atoms with Crippen molar-refractivity contribution in [2.75, 3.05) is 5.32 Å². The molecule has 0 atom stereocenters. The third-order valence-electron chi connectivity index (χ3n) is 2.65. The minimum absolute atomic E-state index is 0.778. The van der Waals surface area contributed by atoms with Crippen LogP contribution in [0.15, 0.2) is 55.1 Å². The van der Waals surface area contributed by atoms with Gasteiger partial charge < -0.3 is 5.32 Å². The molecule has 4 heteroatoms. The van der Waals surface area contributed by atoms with Gasteiger partial charge in [0.25, 0.3) is 0 Å². The van der Waals surface area contributed by atoms with Gasteiger partial charge in [0.15, 0.2) is 0 Å². The van der Waals surface area contributed by atoms with Crippen molar-refractivity contribution < 1.29 is 0 Å². The lowest BCUT2D eigenvalue weighted by molar-refractivity contribution is 1.07. The minimum Gasteiger partial charge on any atom is -0.367 e. The highest BCUT2D eigenvalue weighted by molar-refractivity contribution is 5.49. The Labute approximate surface area is 99.0 Å². The number of rotatable bonds is 3. The summed E-state index contributed by atoms with van der Waals surface area (Å²) in [5.41, 5.74) is 2.15. The summed E-state index contributed by atoms with van der Waals surface area (Å²) in [6, 6.07) is 10.0. The first kappa shape index (κ1) is 9.84. The van der Waals surface area contributed by atoms with Crippen LogP contribution < -0.4 is 5.32 Å². The smallest absolute Gasteiger partial charge is 0.138 e. The van der Waals surface area contributed by atoms with Gasteiger partial charge in [-0.1, -0.05) is 6.07 Å². The summed E-state index contributed by atoms with van der Waals surface area (Å²) in [6.45, 7) is 0.778. The Kier molecular flexibility index (Phi) is 2.46. The Hall–Kier alpha value is -2.36. The van der Waals surface area contributed by atoms with Gasteiger partial charge in [0.1, 0.15) is 11.5 Å². The lowest BCUT2D eigenvalue weighted by Crippen LogP contribution is -2.03. The van der Waals surface area contributed by atoms with Gasteiger partial charge in [-0.2, -0.15) is 0 Å². The van der Waals surface area contributed by atoms with E-state index in [0.717, 1.165) is 18.0 Å². The summed E-state index contributed by atoms with van der Waals surface area (Å²) in [7, 11) is 0. The molecule has 0 bridgehead atoms. The van der Waals surface area contributed by atoms with Crippen LogP contribution in [0.3, 0.4) is 0 Å². The van der Waals surface area contributed by atoms with Crippen molar-refractivity contribution >= 4 is 11.5 Å². The molecule has 0 aliphatic carbocycles. The summed E-state index contributed by atoms with van der Waals surface area (Å²) in [6.07, 6.45) is 7.35. The molecule has 84 valence electrons. The molecule has 0 saturated heterocycles. The third-order valence-corrected chi connectivity index (χ3v) is 2.65. The van der Waals surface area contributed by atoms with E-state index in [2.05, 4.69) is 15.3 Å². The first-order valence-electron chi connectivity index (χ1n) is 5.48. The summed E-state index contributed by atoms with van der Waals surface area (Å²) in [5, 5.41) is 3.39. The molecule has 0 saturated carbocycles. The molecule has 17 heavy (non-hydrogen) atoms. The van der Waals surface area contributed by atoms with Crippen LogP contribution in [-0.2, 0) is 6.54 Å². The van der Waals surface area contributed by atoms with Crippen LogP contribution in [0.5, 0.6) is 0 Å². The summed E-state index contributed by atoms with van der Waals surface area (Å²) in [5.74, 6) is 1.04. The van der Waals surface area contributed by atoms with Crippen LogP contribution in [0.1, 0.15) is 5.56 Å². The zero-order valence-electron chi connectivity index (χ0n) is 9.24. The average molecular weight is 224 g/mol. The second-order valence-corrected chi connectivity index (χ2v) is 3.78. The second kappa shape index (κ2) is 4.25. The molecule has 3 aromatic rings. The van der Waals surface area contributed by atoms with Crippen LogP contribution in [0, 0.1) is 0 Å². The number of hydrogen-bond donors (Lipinski definition) is 1. The van der Waals surface area contributed by atoms with Gasteiger partial charge in [-0.25, -0.2) is 4.98 Å². The monoisotopic (exact) mass is 224 g/mol. The van der Waals surface area contributed by atoms with Gasteiger partial charge in [-0.05, 0) is 29.8 Å². The second-order valence-electron chi connectivity index (χ2n) is 3.78. The number of imidazole rings is 1. The van der Waals surface area contributed by atoms with Gasteiger partial charge in [-0.3, -0.25) is 9.38 Å².